The zero-order chi connectivity index (χ0) is 15.4. The molecular formula is C19H32N2O. The molecule has 0 atom stereocenters. The molecule has 0 amide bonds. The molecule has 0 aromatic heterocycles. The lowest BCUT2D eigenvalue weighted by molar-refractivity contribution is 0.0191. The SMILES string of the molecule is CO[C@H]1C[C@H](C#CC2CCN(CC3CCN(C)CC3)CC2)C1. The van der Waals surface area contributed by atoms with Crippen LogP contribution >= 0.6 is 0 Å². The minimum atomic E-state index is 0.482. The predicted molar refractivity (Wildman–Crippen MR) is 90.7 cm³/mol. The van der Waals surface area contributed by atoms with Crippen LogP contribution in [0.25, 0.3) is 0 Å². The molecule has 0 unspecified atom stereocenters. The molecule has 3 fully saturated rings. The van der Waals surface area contributed by atoms with E-state index in [0.717, 1.165) is 18.8 Å². The maximum Gasteiger partial charge on any atom is 0.0595 e. The van der Waals surface area contributed by atoms with Gasteiger partial charge in [-0.2, -0.15) is 0 Å². The lowest BCUT2D eigenvalue weighted by atomic mass is 9.82. The average Bonchev–Trinajstić information content (AvgIpc) is 2.50. The Bertz CT molecular complexity index is 391. The molecule has 2 heterocycles. The van der Waals surface area contributed by atoms with E-state index < -0.39 is 0 Å². The molecule has 0 radical (unpaired) electrons. The summed E-state index contributed by atoms with van der Waals surface area (Å²) in [4.78, 5) is 5.16. The van der Waals surface area contributed by atoms with Crippen molar-refractivity contribution in [2.24, 2.45) is 17.8 Å². The number of hydrogen-bond donors (Lipinski definition) is 0. The molecule has 22 heavy (non-hydrogen) atoms. The molecule has 0 bridgehead atoms. The number of hydrogen-bond acceptors (Lipinski definition) is 3. The lowest BCUT2D eigenvalue weighted by Crippen LogP contribution is -2.40. The Hall–Kier alpha value is -0.560. The summed E-state index contributed by atoms with van der Waals surface area (Å²) in [5.74, 6) is 9.25. The number of likely N-dealkylation sites (tertiary alicyclic amines) is 2. The Kier molecular flexibility index (Phi) is 5.79. The Morgan fingerprint density at radius 2 is 1.55 bits per heavy atom. The highest BCUT2D eigenvalue weighted by molar-refractivity contribution is 5.12. The zero-order valence-electron chi connectivity index (χ0n) is 14.4. The standard InChI is InChI=1S/C19H32N2O/c1-20-9-5-17(6-10-20)15-21-11-7-16(8-12-21)3-4-18-13-19(14-18)22-2/h16-19H,5-15H2,1-2H3/t18-,19-. The predicted octanol–water partition coefficient (Wildman–Crippen LogP) is 2.47. The summed E-state index contributed by atoms with van der Waals surface area (Å²) in [5, 5.41) is 0. The summed E-state index contributed by atoms with van der Waals surface area (Å²) < 4.78 is 5.32. The van der Waals surface area contributed by atoms with Crippen LogP contribution in [0.1, 0.15) is 38.5 Å². The maximum absolute atomic E-state index is 5.32. The number of nitrogens with zero attached hydrogens (tertiary/aromatic N) is 2. The summed E-state index contributed by atoms with van der Waals surface area (Å²) in [6.45, 7) is 6.42. The van der Waals surface area contributed by atoms with Gasteiger partial charge in [-0.25, -0.2) is 0 Å². The average molecular weight is 304 g/mol. The molecule has 0 aromatic carbocycles. The van der Waals surface area contributed by atoms with Gasteiger partial charge in [-0.1, -0.05) is 11.8 Å². The first-order valence-corrected chi connectivity index (χ1v) is 9.17. The molecule has 1 aliphatic carbocycles. The summed E-state index contributed by atoms with van der Waals surface area (Å²) in [6, 6.07) is 0. The first-order valence-electron chi connectivity index (χ1n) is 9.17. The van der Waals surface area contributed by atoms with Crippen molar-refractivity contribution in [3.8, 4) is 11.8 Å². The molecule has 3 nitrogen and oxygen atoms in total. The number of rotatable bonds is 3. The van der Waals surface area contributed by atoms with Crippen molar-refractivity contribution in [1.29, 1.82) is 0 Å². The molecule has 124 valence electrons. The Morgan fingerprint density at radius 1 is 0.909 bits per heavy atom. The summed E-state index contributed by atoms with van der Waals surface area (Å²) in [7, 11) is 4.06. The molecule has 0 spiro atoms. The minimum absolute atomic E-state index is 0.482. The van der Waals surface area contributed by atoms with E-state index in [1.165, 1.54) is 58.4 Å². The van der Waals surface area contributed by atoms with Crippen LogP contribution in [0.3, 0.4) is 0 Å². The molecule has 0 N–H and O–H groups in total. The van der Waals surface area contributed by atoms with Crippen molar-refractivity contribution in [2.45, 2.75) is 44.6 Å². The summed E-state index contributed by atoms with van der Waals surface area (Å²) in [6.07, 6.45) is 8.12. The second kappa shape index (κ2) is 7.81. The normalized spacial score (nSPS) is 32.3. The molecule has 3 rings (SSSR count). The van der Waals surface area contributed by atoms with E-state index in [9.17, 15) is 0 Å². The monoisotopic (exact) mass is 304 g/mol. The number of piperidine rings is 2. The van der Waals surface area contributed by atoms with Crippen LogP contribution < -0.4 is 0 Å². The van der Waals surface area contributed by atoms with E-state index >= 15 is 0 Å². The summed E-state index contributed by atoms with van der Waals surface area (Å²) in [5.41, 5.74) is 0. The van der Waals surface area contributed by atoms with E-state index in [1.54, 1.807) is 0 Å². The van der Waals surface area contributed by atoms with Gasteiger partial charge in [0.2, 0.25) is 0 Å². The second-order valence-corrected chi connectivity index (χ2v) is 7.64. The van der Waals surface area contributed by atoms with Crippen molar-refractivity contribution < 1.29 is 4.74 Å². The van der Waals surface area contributed by atoms with Crippen LogP contribution in [0.2, 0.25) is 0 Å². The van der Waals surface area contributed by atoms with E-state index in [-0.39, 0.29) is 0 Å². The second-order valence-electron chi connectivity index (χ2n) is 7.64. The zero-order valence-corrected chi connectivity index (χ0v) is 14.4. The van der Waals surface area contributed by atoms with Gasteiger partial charge >= 0.3 is 0 Å². The van der Waals surface area contributed by atoms with Gasteiger partial charge in [0, 0.05) is 25.5 Å². The number of methoxy groups -OCH3 is 1. The van der Waals surface area contributed by atoms with Crippen molar-refractivity contribution in [2.75, 3.05) is 46.9 Å². The van der Waals surface area contributed by atoms with Crippen LogP contribution in [0.5, 0.6) is 0 Å². The van der Waals surface area contributed by atoms with Crippen LogP contribution in [0.4, 0.5) is 0 Å². The molecule has 2 saturated heterocycles. The number of ether oxygens (including phenoxy) is 1. The van der Waals surface area contributed by atoms with Gasteiger partial charge in [-0.15, -0.1) is 0 Å². The quantitative estimate of drug-likeness (QED) is 0.745. The third kappa shape index (κ3) is 4.47. The molecule has 3 aliphatic rings. The fraction of sp³-hybridized carbons (Fsp3) is 0.895. The molecule has 2 aliphatic heterocycles. The van der Waals surface area contributed by atoms with Crippen LogP contribution in [0.15, 0.2) is 0 Å². The van der Waals surface area contributed by atoms with Crippen LogP contribution in [-0.4, -0.2) is 62.8 Å². The highest BCUT2D eigenvalue weighted by atomic mass is 16.5. The largest absolute Gasteiger partial charge is 0.381 e. The van der Waals surface area contributed by atoms with Crippen LogP contribution in [-0.2, 0) is 4.74 Å². The summed E-state index contributed by atoms with van der Waals surface area (Å²) >= 11 is 0. The van der Waals surface area contributed by atoms with Gasteiger partial charge in [0.25, 0.3) is 0 Å². The van der Waals surface area contributed by atoms with Crippen molar-refractivity contribution in [1.82, 2.24) is 9.80 Å². The van der Waals surface area contributed by atoms with Gasteiger partial charge in [-0.3, -0.25) is 0 Å². The third-order valence-corrected chi connectivity index (χ3v) is 5.86. The molecule has 1 saturated carbocycles. The highest BCUT2D eigenvalue weighted by Crippen LogP contribution is 2.29. The first-order chi connectivity index (χ1) is 10.7. The van der Waals surface area contributed by atoms with Gasteiger partial charge < -0.3 is 14.5 Å². The third-order valence-electron chi connectivity index (χ3n) is 5.86. The Morgan fingerprint density at radius 3 is 2.18 bits per heavy atom. The van der Waals surface area contributed by atoms with E-state index in [2.05, 4.69) is 28.7 Å². The maximum atomic E-state index is 5.32. The van der Waals surface area contributed by atoms with Gasteiger partial charge in [-0.05, 0) is 77.7 Å². The van der Waals surface area contributed by atoms with E-state index in [0.29, 0.717) is 17.9 Å². The molecule has 3 heteroatoms. The minimum Gasteiger partial charge on any atom is -0.381 e. The highest BCUT2D eigenvalue weighted by Gasteiger charge is 2.28. The Labute approximate surface area is 136 Å². The molecule has 0 aromatic rings. The fourth-order valence-electron chi connectivity index (χ4n) is 3.98. The van der Waals surface area contributed by atoms with Gasteiger partial charge in [0.15, 0.2) is 0 Å². The van der Waals surface area contributed by atoms with E-state index in [1.807, 2.05) is 7.11 Å². The smallest absolute Gasteiger partial charge is 0.0595 e. The lowest BCUT2D eigenvalue weighted by Gasteiger charge is -2.36. The topological polar surface area (TPSA) is 15.7 Å². The van der Waals surface area contributed by atoms with Gasteiger partial charge in [0.1, 0.15) is 0 Å². The van der Waals surface area contributed by atoms with Crippen LogP contribution in [0, 0.1) is 29.6 Å². The van der Waals surface area contributed by atoms with Gasteiger partial charge in [0.05, 0.1) is 6.10 Å². The first kappa shape index (κ1) is 16.3. The fourth-order valence-corrected chi connectivity index (χ4v) is 3.98. The van der Waals surface area contributed by atoms with Crippen molar-refractivity contribution in [3.05, 3.63) is 0 Å². The molecular weight excluding hydrogens is 272 g/mol. The van der Waals surface area contributed by atoms with Crippen molar-refractivity contribution >= 4 is 0 Å². The van der Waals surface area contributed by atoms with E-state index in [4.69, 9.17) is 4.74 Å². The Balaban J connectivity index is 1.33. The van der Waals surface area contributed by atoms with Crippen molar-refractivity contribution in [3.63, 3.8) is 0 Å².